The molecule has 0 radical (unpaired) electrons. The van der Waals surface area contributed by atoms with E-state index in [9.17, 15) is 18.0 Å². The Balaban J connectivity index is 1.64. The average Bonchev–Trinajstić information content (AvgIpc) is 2.62. The number of piperazine rings is 1. The minimum absolute atomic E-state index is 0.0713. The van der Waals surface area contributed by atoms with Crippen LogP contribution < -0.4 is 10.5 Å². The van der Waals surface area contributed by atoms with E-state index in [2.05, 4.69) is 9.88 Å². The predicted octanol–water partition coefficient (Wildman–Crippen LogP) is 0.670. The molecule has 0 atom stereocenters. The summed E-state index contributed by atoms with van der Waals surface area (Å²) in [4.78, 5) is 30.5. The van der Waals surface area contributed by atoms with Gasteiger partial charge in [-0.05, 0) is 17.7 Å². The Hall–Kier alpha value is -2.61. The fourth-order valence-electron chi connectivity index (χ4n) is 3.10. The second-order valence-electron chi connectivity index (χ2n) is 6.34. The maximum Gasteiger partial charge on any atom is 0.248 e. The van der Waals surface area contributed by atoms with Crippen molar-refractivity contribution in [3.63, 3.8) is 0 Å². The maximum atomic E-state index is 12.6. The quantitative estimate of drug-likeness (QED) is 0.848. The van der Waals surface area contributed by atoms with Crippen LogP contribution in [0.3, 0.4) is 0 Å². The summed E-state index contributed by atoms with van der Waals surface area (Å²) >= 11 is 0. The van der Waals surface area contributed by atoms with Crippen molar-refractivity contribution in [2.75, 3.05) is 37.3 Å². The molecule has 3 rings (SSSR count). The summed E-state index contributed by atoms with van der Waals surface area (Å²) in [5.74, 6) is -0.0813. The van der Waals surface area contributed by atoms with Crippen LogP contribution in [0.2, 0.25) is 0 Å². The van der Waals surface area contributed by atoms with Gasteiger partial charge in [-0.25, -0.2) is 8.42 Å². The van der Waals surface area contributed by atoms with Gasteiger partial charge in [0.25, 0.3) is 0 Å². The number of aromatic nitrogens is 1. The van der Waals surface area contributed by atoms with Crippen LogP contribution in [0.15, 0.2) is 52.3 Å². The van der Waals surface area contributed by atoms with E-state index in [1.807, 2.05) is 0 Å². The molecule has 1 aliphatic rings. The highest BCUT2D eigenvalue weighted by Gasteiger charge is 2.23. The number of hydrogen-bond donors (Lipinski definition) is 1. The van der Waals surface area contributed by atoms with Gasteiger partial charge in [-0.3, -0.25) is 9.59 Å². The third-order valence-corrected chi connectivity index (χ3v) is 5.68. The highest BCUT2D eigenvalue weighted by Crippen LogP contribution is 2.18. The van der Waals surface area contributed by atoms with Gasteiger partial charge in [0.05, 0.1) is 17.0 Å². The van der Waals surface area contributed by atoms with E-state index in [1.54, 1.807) is 35.4 Å². The molecule has 1 aromatic carbocycles. The topological polar surface area (TPSA) is 90.6 Å². The van der Waals surface area contributed by atoms with Crippen molar-refractivity contribution in [3.05, 3.63) is 58.5 Å². The Bertz CT molecular complexity index is 940. The molecule has 1 amide bonds. The summed E-state index contributed by atoms with van der Waals surface area (Å²) in [5, 5.41) is 0. The molecular formula is C18H21N3O4S. The SMILES string of the molecule is CS(=O)(=O)c1ccccc1CC(=O)N1CCN(c2ccc(=O)[nH]c2)CC1. The van der Waals surface area contributed by atoms with E-state index < -0.39 is 9.84 Å². The molecule has 1 saturated heterocycles. The minimum Gasteiger partial charge on any atom is -0.367 e. The number of sulfone groups is 1. The van der Waals surface area contributed by atoms with Gasteiger partial charge in [-0.2, -0.15) is 0 Å². The van der Waals surface area contributed by atoms with Crippen LogP contribution in [0.5, 0.6) is 0 Å². The second-order valence-corrected chi connectivity index (χ2v) is 8.32. The number of hydrogen-bond acceptors (Lipinski definition) is 5. The van der Waals surface area contributed by atoms with Gasteiger partial charge in [-0.1, -0.05) is 18.2 Å². The number of nitrogens with zero attached hydrogens (tertiary/aromatic N) is 2. The van der Waals surface area contributed by atoms with Crippen molar-refractivity contribution in [2.45, 2.75) is 11.3 Å². The van der Waals surface area contributed by atoms with Crippen LogP contribution in [-0.2, 0) is 21.1 Å². The zero-order valence-electron chi connectivity index (χ0n) is 14.5. The van der Waals surface area contributed by atoms with Crippen molar-refractivity contribution in [3.8, 4) is 0 Å². The second kappa shape index (κ2) is 7.33. The third-order valence-electron chi connectivity index (χ3n) is 4.48. The summed E-state index contributed by atoms with van der Waals surface area (Å²) < 4.78 is 23.8. The number of amides is 1. The molecule has 0 bridgehead atoms. The van der Waals surface area contributed by atoms with Crippen molar-refractivity contribution >= 4 is 21.4 Å². The fraction of sp³-hybridized carbons (Fsp3) is 0.333. The van der Waals surface area contributed by atoms with Gasteiger partial charge >= 0.3 is 0 Å². The molecule has 2 aromatic rings. The lowest BCUT2D eigenvalue weighted by Gasteiger charge is -2.36. The summed E-state index contributed by atoms with van der Waals surface area (Å²) in [7, 11) is -3.37. The number of nitrogens with one attached hydrogen (secondary N) is 1. The first kappa shape index (κ1) is 18.2. The van der Waals surface area contributed by atoms with E-state index >= 15 is 0 Å². The normalized spacial score (nSPS) is 15.1. The van der Waals surface area contributed by atoms with E-state index in [4.69, 9.17) is 0 Å². The van der Waals surface area contributed by atoms with Crippen molar-refractivity contribution in [1.82, 2.24) is 9.88 Å². The molecule has 26 heavy (non-hydrogen) atoms. The van der Waals surface area contributed by atoms with Crippen molar-refractivity contribution < 1.29 is 13.2 Å². The van der Waals surface area contributed by atoms with Crippen LogP contribution >= 0.6 is 0 Å². The molecule has 1 aliphatic heterocycles. The number of carbonyl (C=O) groups is 1. The number of pyridine rings is 1. The minimum atomic E-state index is -3.37. The first-order chi connectivity index (χ1) is 12.3. The number of carbonyl (C=O) groups excluding carboxylic acids is 1. The smallest absolute Gasteiger partial charge is 0.248 e. The first-order valence-corrected chi connectivity index (χ1v) is 10.2. The summed E-state index contributed by atoms with van der Waals surface area (Å²) in [6.07, 6.45) is 2.89. The number of benzene rings is 1. The van der Waals surface area contributed by atoms with Gasteiger partial charge in [0.2, 0.25) is 11.5 Å². The van der Waals surface area contributed by atoms with Gasteiger partial charge in [0.1, 0.15) is 0 Å². The summed E-state index contributed by atoms with van der Waals surface area (Å²) in [6.45, 7) is 2.43. The molecule has 0 aliphatic carbocycles. The molecular weight excluding hydrogens is 354 g/mol. The highest BCUT2D eigenvalue weighted by atomic mass is 32.2. The monoisotopic (exact) mass is 375 g/mol. The number of rotatable bonds is 4. The van der Waals surface area contributed by atoms with Crippen molar-refractivity contribution in [1.29, 1.82) is 0 Å². The van der Waals surface area contributed by atoms with Gasteiger partial charge in [0.15, 0.2) is 9.84 Å². The van der Waals surface area contributed by atoms with Crippen LogP contribution in [-0.4, -0.2) is 56.6 Å². The van der Waals surface area contributed by atoms with Crippen LogP contribution in [0.25, 0.3) is 0 Å². The highest BCUT2D eigenvalue weighted by molar-refractivity contribution is 7.90. The average molecular weight is 375 g/mol. The van der Waals surface area contributed by atoms with Gasteiger partial charge in [-0.15, -0.1) is 0 Å². The molecule has 7 nitrogen and oxygen atoms in total. The molecule has 1 N–H and O–H groups in total. The molecule has 0 saturated carbocycles. The fourth-order valence-corrected chi connectivity index (χ4v) is 4.04. The van der Waals surface area contributed by atoms with E-state index in [0.717, 1.165) is 11.9 Å². The number of anilines is 1. The molecule has 2 heterocycles. The zero-order valence-corrected chi connectivity index (χ0v) is 15.3. The lowest BCUT2D eigenvalue weighted by molar-refractivity contribution is -0.130. The van der Waals surface area contributed by atoms with Gasteiger partial charge < -0.3 is 14.8 Å². The maximum absolute atomic E-state index is 12.6. The summed E-state index contributed by atoms with van der Waals surface area (Å²) in [6, 6.07) is 9.86. The molecule has 8 heteroatoms. The standard InChI is InChI=1S/C18H21N3O4S/c1-26(24,25)16-5-3-2-4-14(16)12-18(23)21-10-8-20(9-11-21)15-6-7-17(22)19-13-15/h2-7,13H,8-12H2,1H3,(H,19,22). The van der Waals surface area contributed by atoms with E-state index in [0.29, 0.717) is 31.7 Å². The molecule has 0 unspecified atom stereocenters. The number of aromatic amines is 1. The zero-order chi connectivity index (χ0) is 18.7. The Morgan fingerprint density at radius 1 is 1.08 bits per heavy atom. The largest absolute Gasteiger partial charge is 0.367 e. The molecule has 138 valence electrons. The Kier molecular flexibility index (Phi) is 5.13. The summed E-state index contributed by atoms with van der Waals surface area (Å²) in [5.41, 5.74) is 1.30. The van der Waals surface area contributed by atoms with Crippen LogP contribution in [0.4, 0.5) is 5.69 Å². The lowest BCUT2D eigenvalue weighted by atomic mass is 10.1. The lowest BCUT2D eigenvalue weighted by Crippen LogP contribution is -2.49. The Labute approximate surface area is 152 Å². The van der Waals surface area contributed by atoms with E-state index in [1.165, 1.54) is 12.1 Å². The van der Waals surface area contributed by atoms with E-state index in [-0.39, 0.29) is 22.8 Å². The first-order valence-electron chi connectivity index (χ1n) is 8.34. The number of H-pyrrole nitrogens is 1. The van der Waals surface area contributed by atoms with Crippen molar-refractivity contribution in [2.24, 2.45) is 0 Å². The predicted molar refractivity (Wildman–Crippen MR) is 99.1 cm³/mol. The van der Waals surface area contributed by atoms with Crippen LogP contribution in [0, 0.1) is 0 Å². The molecule has 1 fully saturated rings. The molecule has 0 spiro atoms. The third kappa shape index (κ3) is 4.13. The molecule has 1 aromatic heterocycles. The Morgan fingerprint density at radius 2 is 1.77 bits per heavy atom. The van der Waals surface area contributed by atoms with Crippen LogP contribution in [0.1, 0.15) is 5.56 Å². The Morgan fingerprint density at radius 3 is 2.38 bits per heavy atom. The van der Waals surface area contributed by atoms with Gasteiger partial charge in [0, 0.05) is 44.7 Å².